The molecule has 3 heteroatoms. The van der Waals surface area contributed by atoms with Crippen molar-refractivity contribution in [1.29, 1.82) is 0 Å². The van der Waals surface area contributed by atoms with Gasteiger partial charge in [0.15, 0.2) is 0 Å². The number of imide groups is 1. The summed E-state index contributed by atoms with van der Waals surface area (Å²) in [6.45, 7) is 4.31. The highest BCUT2D eigenvalue weighted by atomic mass is 16.2. The van der Waals surface area contributed by atoms with Crippen LogP contribution < -0.4 is 5.32 Å². The fourth-order valence-electron chi connectivity index (χ4n) is 1.85. The Morgan fingerprint density at radius 3 is 2.29 bits per heavy atom. The van der Waals surface area contributed by atoms with Crippen molar-refractivity contribution in [1.82, 2.24) is 5.32 Å². The lowest BCUT2D eigenvalue weighted by Gasteiger charge is -2.09. The molecule has 0 spiro atoms. The maximum atomic E-state index is 11.5. The van der Waals surface area contributed by atoms with Crippen LogP contribution in [0.1, 0.15) is 37.3 Å². The van der Waals surface area contributed by atoms with E-state index in [0.29, 0.717) is 11.5 Å². The zero-order valence-electron chi connectivity index (χ0n) is 9.99. The standard InChI is InChI=1S/C14H15NO2/c1-3-9(2)10-4-6-11(7-5-10)12-8-13(16)15-14(12)17/h4-9H,3H2,1-2H3,(H,15,16,17). The molecule has 1 aliphatic rings. The summed E-state index contributed by atoms with van der Waals surface area (Å²) in [5, 5.41) is 2.24. The summed E-state index contributed by atoms with van der Waals surface area (Å²) in [6, 6.07) is 7.82. The summed E-state index contributed by atoms with van der Waals surface area (Å²) in [5.74, 6) is -0.139. The minimum absolute atomic E-state index is 0.314. The second-order valence-corrected chi connectivity index (χ2v) is 4.31. The van der Waals surface area contributed by atoms with Crippen molar-refractivity contribution in [3.8, 4) is 0 Å². The van der Waals surface area contributed by atoms with E-state index in [9.17, 15) is 9.59 Å². The lowest BCUT2D eigenvalue weighted by atomic mass is 9.96. The Morgan fingerprint density at radius 2 is 1.82 bits per heavy atom. The zero-order valence-corrected chi connectivity index (χ0v) is 9.99. The van der Waals surface area contributed by atoms with Crippen molar-refractivity contribution in [2.75, 3.05) is 0 Å². The van der Waals surface area contributed by atoms with Crippen molar-refractivity contribution in [3.63, 3.8) is 0 Å². The lowest BCUT2D eigenvalue weighted by Crippen LogP contribution is -2.21. The highest BCUT2D eigenvalue weighted by Crippen LogP contribution is 2.23. The first kappa shape index (κ1) is 11.6. The largest absolute Gasteiger partial charge is 0.289 e. The molecular weight excluding hydrogens is 214 g/mol. The molecule has 0 fully saturated rings. The van der Waals surface area contributed by atoms with Crippen LogP contribution >= 0.6 is 0 Å². The van der Waals surface area contributed by atoms with Crippen molar-refractivity contribution in [2.24, 2.45) is 0 Å². The van der Waals surface area contributed by atoms with Gasteiger partial charge >= 0.3 is 0 Å². The molecule has 1 aromatic rings. The number of amides is 2. The van der Waals surface area contributed by atoms with Gasteiger partial charge in [-0.05, 0) is 23.5 Å². The van der Waals surface area contributed by atoms with Crippen molar-refractivity contribution >= 4 is 17.4 Å². The van der Waals surface area contributed by atoms with Gasteiger partial charge in [0.05, 0.1) is 5.57 Å². The van der Waals surface area contributed by atoms with Gasteiger partial charge in [0.25, 0.3) is 11.8 Å². The van der Waals surface area contributed by atoms with Crippen molar-refractivity contribution in [3.05, 3.63) is 41.5 Å². The van der Waals surface area contributed by atoms with E-state index in [0.717, 1.165) is 12.0 Å². The molecule has 0 radical (unpaired) electrons. The predicted molar refractivity (Wildman–Crippen MR) is 66.3 cm³/mol. The van der Waals surface area contributed by atoms with E-state index in [1.807, 2.05) is 24.3 Å². The molecule has 1 aliphatic heterocycles. The molecule has 1 aromatic carbocycles. The van der Waals surface area contributed by atoms with Crippen LogP contribution in [0.4, 0.5) is 0 Å². The summed E-state index contributed by atoms with van der Waals surface area (Å²) in [7, 11) is 0. The third-order valence-electron chi connectivity index (χ3n) is 3.16. The molecule has 0 bridgehead atoms. The molecule has 0 aliphatic carbocycles. The highest BCUT2D eigenvalue weighted by Gasteiger charge is 2.21. The van der Waals surface area contributed by atoms with Crippen LogP contribution in [-0.4, -0.2) is 11.8 Å². The van der Waals surface area contributed by atoms with Crippen LogP contribution in [0.15, 0.2) is 30.3 Å². The average molecular weight is 229 g/mol. The molecule has 88 valence electrons. The van der Waals surface area contributed by atoms with Gasteiger partial charge in [-0.1, -0.05) is 38.1 Å². The Bertz CT molecular complexity index is 485. The molecule has 0 saturated carbocycles. The van der Waals surface area contributed by atoms with Crippen LogP contribution in [-0.2, 0) is 9.59 Å². The maximum Gasteiger partial charge on any atom is 0.258 e. The predicted octanol–water partition coefficient (Wildman–Crippen LogP) is 2.24. The third kappa shape index (κ3) is 2.28. The first-order chi connectivity index (χ1) is 8.11. The third-order valence-corrected chi connectivity index (χ3v) is 3.16. The maximum absolute atomic E-state index is 11.5. The monoisotopic (exact) mass is 229 g/mol. The normalized spacial score (nSPS) is 16.7. The Morgan fingerprint density at radius 1 is 1.18 bits per heavy atom. The Hall–Kier alpha value is -1.90. The molecule has 0 saturated heterocycles. The number of hydrogen-bond acceptors (Lipinski definition) is 2. The molecule has 3 nitrogen and oxygen atoms in total. The summed E-state index contributed by atoms with van der Waals surface area (Å²) in [5.41, 5.74) is 2.49. The van der Waals surface area contributed by atoms with Gasteiger partial charge < -0.3 is 0 Å². The molecular formula is C14H15NO2. The molecule has 1 atom stereocenters. The van der Waals surface area contributed by atoms with E-state index in [-0.39, 0.29) is 11.8 Å². The van der Waals surface area contributed by atoms with Crippen LogP contribution in [0.2, 0.25) is 0 Å². The molecule has 1 heterocycles. The number of carbonyl (C=O) groups excluding carboxylic acids is 2. The van der Waals surface area contributed by atoms with Gasteiger partial charge in [0, 0.05) is 6.08 Å². The second kappa shape index (κ2) is 4.53. The molecule has 1 N–H and O–H groups in total. The second-order valence-electron chi connectivity index (χ2n) is 4.31. The number of hydrogen-bond donors (Lipinski definition) is 1. The van der Waals surface area contributed by atoms with Gasteiger partial charge in [0.1, 0.15) is 0 Å². The average Bonchev–Trinajstić information content (AvgIpc) is 2.68. The van der Waals surface area contributed by atoms with Crippen LogP contribution in [0.25, 0.3) is 5.57 Å². The van der Waals surface area contributed by atoms with E-state index in [1.54, 1.807) is 0 Å². The Labute approximate surface area is 101 Å². The van der Waals surface area contributed by atoms with Gasteiger partial charge in [0.2, 0.25) is 0 Å². The van der Waals surface area contributed by atoms with Crippen molar-refractivity contribution in [2.45, 2.75) is 26.2 Å². The summed E-state index contributed by atoms with van der Waals surface area (Å²) < 4.78 is 0. The first-order valence-corrected chi connectivity index (χ1v) is 5.79. The zero-order chi connectivity index (χ0) is 12.4. The van der Waals surface area contributed by atoms with Gasteiger partial charge in [-0.25, -0.2) is 0 Å². The fourth-order valence-corrected chi connectivity index (χ4v) is 1.85. The summed E-state index contributed by atoms with van der Waals surface area (Å²) in [4.78, 5) is 22.5. The van der Waals surface area contributed by atoms with Gasteiger partial charge in [-0.15, -0.1) is 0 Å². The molecule has 17 heavy (non-hydrogen) atoms. The Kier molecular flexibility index (Phi) is 3.09. The van der Waals surface area contributed by atoms with Crippen LogP contribution in [0.3, 0.4) is 0 Å². The number of nitrogens with one attached hydrogen (secondary N) is 1. The minimum Gasteiger partial charge on any atom is -0.289 e. The van der Waals surface area contributed by atoms with Gasteiger partial charge in [-0.2, -0.15) is 0 Å². The van der Waals surface area contributed by atoms with Crippen LogP contribution in [0.5, 0.6) is 0 Å². The molecule has 2 amide bonds. The van der Waals surface area contributed by atoms with E-state index in [2.05, 4.69) is 19.2 Å². The Balaban J connectivity index is 2.27. The van der Waals surface area contributed by atoms with Crippen molar-refractivity contribution < 1.29 is 9.59 Å². The topological polar surface area (TPSA) is 46.2 Å². The van der Waals surface area contributed by atoms with E-state index < -0.39 is 0 Å². The fraction of sp³-hybridized carbons (Fsp3) is 0.286. The number of benzene rings is 1. The van der Waals surface area contributed by atoms with E-state index in [1.165, 1.54) is 11.6 Å². The summed E-state index contributed by atoms with van der Waals surface area (Å²) in [6.07, 6.45) is 2.43. The van der Waals surface area contributed by atoms with E-state index in [4.69, 9.17) is 0 Å². The first-order valence-electron chi connectivity index (χ1n) is 5.79. The number of carbonyl (C=O) groups is 2. The summed E-state index contributed by atoms with van der Waals surface area (Å²) >= 11 is 0. The molecule has 2 rings (SSSR count). The quantitative estimate of drug-likeness (QED) is 0.808. The highest BCUT2D eigenvalue weighted by molar-refractivity contribution is 6.33. The SMILES string of the molecule is CCC(C)c1ccc(C2=CC(=O)NC2=O)cc1. The van der Waals surface area contributed by atoms with Gasteiger partial charge in [-0.3, -0.25) is 14.9 Å². The van der Waals surface area contributed by atoms with E-state index >= 15 is 0 Å². The minimum atomic E-state index is -0.337. The van der Waals surface area contributed by atoms with Crippen LogP contribution in [0, 0.1) is 0 Å². The number of rotatable bonds is 3. The molecule has 0 aromatic heterocycles. The lowest BCUT2D eigenvalue weighted by molar-refractivity contribution is -0.123. The smallest absolute Gasteiger partial charge is 0.258 e. The molecule has 1 unspecified atom stereocenters.